The van der Waals surface area contributed by atoms with Gasteiger partial charge in [0.25, 0.3) is 0 Å². The van der Waals surface area contributed by atoms with Crippen LogP contribution in [0.15, 0.2) is 42.5 Å². The molecule has 3 nitrogen and oxygen atoms in total. The number of anilines is 1. The third-order valence-electron chi connectivity index (χ3n) is 2.54. The van der Waals surface area contributed by atoms with Crippen LogP contribution in [0.4, 0.5) is 10.1 Å². The maximum atomic E-state index is 13.2. The van der Waals surface area contributed by atoms with Crippen molar-refractivity contribution in [1.82, 2.24) is 0 Å². The van der Waals surface area contributed by atoms with Crippen LogP contribution in [-0.4, -0.2) is 5.97 Å². The highest BCUT2D eigenvalue weighted by Crippen LogP contribution is 2.20. The van der Waals surface area contributed by atoms with Gasteiger partial charge in [-0.25, -0.2) is 9.18 Å². The molecule has 0 aliphatic carbocycles. The van der Waals surface area contributed by atoms with Gasteiger partial charge in [0.15, 0.2) is 0 Å². The molecule has 0 heterocycles. The number of benzene rings is 2. The van der Waals surface area contributed by atoms with Crippen LogP contribution >= 0.6 is 11.6 Å². The molecule has 0 spiro atoms. The summed E-state index contributed by atoms with van der Waals surface area (Å²) in [5, 5.41) is -0.0346. The highest BCUT2D eigenvalue weighted by Gasteiger charge is 2.10. The van der Waals surface area contributed by atoms with Crippen molar-refractivity contribution in [3.8, 4) is 0 Å². The number of carbonyl (C=O) groups excluding carboxylic acids is 1. The smallest absolute Gasteiger partial charge is 0.338 e. The predicted molar refractivity (Wildman–Crippen MR) is 71.4 cm³/mol. The first-order valence-corrected chi connectivity index (χ1v) is 5.91. The van der Waals surface area contributed by atoms with Crippen LogP contribution in [0.2, 0.25) is 5.02 Å². The Morgan fingerprint density at radius 3 is 2.58 bits per heavy atom. The fourth-order valence-electron chi connectivity index (χ4n) is 1.51. The third-order valence-corrected chi connectivity index (χ3v) is 2.96. The largest absolute Gasteiger partial charge is 0.457 e. The molecule has 0 amide bonds. The van der Waals surface area contributed by atoms with Crippen molar-refractivity contribution in [1.29, 1.82) is 0 Å². The summed E-state index contributed by atoms with van der Waals surface area (Å²) in [7, 11) is 0. The molecular weight excluding hydrogens is 269 g/mol. The lowest BCUT2D eigenvalue weighted by molar-refractivity contribution is 0.0472. The molecule has 2 N–H and O–H groups in total. The van der Waals surface area contributed by atoms with Gasteiger partial charge in [-0.2, -0.15) is 0 Å². The fraction of sp³-hybridized carbons (Fsp3) is 0.0714. The Bertz CT molecular complexity index is 599. The number of rotatable bonds is 3. The van der Waals surface area contributed by atoms with E-state index in [0.29, 0.717) is 16.8 Å². The van der Waals surface area contributed by atoms with Crippen molar-refractivity contribution in [2.75, 3.05) is 5.73 Å². The lowest BCUT2D eigenvalue weighted by Gasteiger charge is -2.07. The van der Waals surface area contributed by atoms with Gasteiger partial charge in [0.1, 0.15) is 12.4 Å². The molecule has 0 fully saturated rings. The molecule has 0 aromatic heterocycles. The predicted octanol–water partition coefficient (Wildman–Crippen LogP) is 3.42. The number of nitrogens with two attached hydrogens (primary N) is 1. The molecule has 0 aliphatic heterocycles. The molecule has 2 rings (SSSR count). The zero-order valence-corrected chi connectivity index (χ0v) is 10.7. The molecule has 0 atom stereocenters. The summed E-state index contributed by atoms with van der Waals surface area (Å²) in [6.07, 6.45) is 0. The summed E-state index contributed by atoms with van der Waals surface area (Å²) >= 11 is 5.76. The van der Waals surface area contributed by atoms with Crippen molar-refractivity contribution < 1.29 is 13.9 Å². The Balaban J connectivity index is 2.04. The molecule has 2 aromatic carbocycles. The summed E-state index contributed by atoms with van der Waals surface area (Å²) in [4.78, 5) is 11.7. The topological polar surface area (TPSA) is 52.3 Å². The van der Waals surface area contributed by atoms with Gasteiger partial charge in [-0.1, -0.05) is 23.7 Å². The maximum Gasteiger partial charge on any atom is 0.338 e. The first-order valence-electron chi connectivity index (χ1n) is 5.53. The first kappa shape index (κ1) is 13.4. The van der Waals surface area contributed by atoms with Gasteiger partial charge < -0.3 is 10.5 Å². The van der Waals surface area contributed by atoms with E-state index in [4.69, 9.17) is 22.1 Å². The van der Waals surface area contributed by atoms with E-state index in [0.717, 1.165) is 0 Å². The summed E-state index contributed by atoms with van der Waals surface area (Å²) in [5.41, 5.74) is 6.88. The van der Waals surface area contributed by atoms with Crippen molar-refractivity contribution in [3.63, 3.8) is 0 Å². The van der Waals surface area contributed by atoms with Crippen molar-refractivity contribution in [2.45, 2.75) is 6.61 Å². The fourth-order valence-corrected chi connectivity index (χ4v) is 1.69. The molecule has 98 valence electrons. The second-order valence-corrected chi connectivity index (χ2v) is 4.29. The minimum atomic E-state index is -0.539. The number of carbonyl (C=O) groups is 1. The molecule has 0 saturated heterocycles. The molecule has 0 bridgehead atoms. The average Bonchev–Trinajstić information content (AvgIpc) is 2.41. The van der Waals surface area contributed by atoms with E-state index in [1.54, 1.807) is 30.3 Å². The van der Waals surface area contributed by atoms with Crippen LogP contribution in [0, 0.1) is 5.82 Å². The highest BCUT2D eigenvalue weighted by atomic mass is 35.5. The number of hydrogen-bond donors (Lipinski definition) is 1. The van der Waals surface area contributed by atoms with Crippen molar-refractivity contribution in [2.24, 2.45) is 0 Å². The second-order valence-electron chi connectivity index (χ2n) is 3.91. The van der Waals surface area contributed by atoms with Crippen LogP contribution in [-0.2, 0) is 11.3 Å². The molecule has 19 heavy (non-hydrogen) atoms. The van der Waals surface area contributed by atoms with Crippen LogP contribution in [0.3, 0.4) is 0 Å². The quantitative estimate of drug-likeness (QED) is 0.692. The van der Waals surface area contributed by atoms with Gasteiger partial charge in [-0.15, -0.1) is 0 Å². The Morgan fingerprint density at radius 1 is 1.21 bits per heavy atom. The highest BCUT2D eigenvalue weighted by molar-refractivity contribution is 6.31. The normalized spacial score (nSPS) is 10.2. The molecule has 5 heteroatoms. The zero-order valence-electron chi connectivity index (χ0n) is 9.90. The Hall–Kier alpha value is -2.07. The number of hydrogen-bond acceptors (Lipinski definition) is 3. The van der Waals surface area contributed by atoms with Gasteiger partial charge in [0.2, 0.25) is 0 Å². The van der Waals surface area contributed by atoms with E-state index in [-0.39, 0.29) is 11.6 Å². The Kier molecular flexibility index (Phi) is 4.02. The van der Waals surface area contributed by atoms with Crippen LogP contribution < -0.4 is 5.73 Å². The molecular formula is C14H11ClFNO2. The molecule has 0 aliphatic rings. The third kappa shape index (κ3) is 3.23. The number of halogens is 2. The monoisotopic (exact) mass is 279 g/mol. The van der Waals surface area contributed by atoms with Crippen molar-refractivity contribution >= 4 is 23.3 Å². The first-order chi connectivity index (χ1) is 9.08. The van der Waals surface area contributed by atoms with Crippen molar-refractivity contribution in [3.05, 3.63) is 64.4 Å². The summed E-state index contributed by atoms with van der Waals surface area (Å²) in [6.45, 7) is -0.0835. The number of ether oxygens (including phenoxy) is 1. The minimum Gasteiger partial charge on any atom is -0.457 e. The van der Waals surface area contributed by atoms with E-state index in [1.807, 2.05) is 0 Å². The van der Waals surface area contributed by atoms with Gasteiger partial charge in [-0.3, -0.25) is 0 Å². The lowest BCUT2D eigenvalue weighted by Crippen LogP contribution is -2.06. The summed E-state index contributed by atoms with van der Waals surface area (Å²) in [6, 6.07) is 10.7. The molecule has 0 radical (unpaired) electrons. The standard InChI is InChI=1S/C14H11ClFNO2/c15-13-10(2-1-3-12(13)16)8-19-14(18)9-4-6-11(17)7-5-9/h1-7H,8,17H2. The minimum absolute atomic E-state index is 0.0346. The van der Waals surface area contributed by atoms with Crippen LogP contribution in [0.25, 0.3) is 0 Å². The van der Waals surface area contributed by atoms with E-state index in [1.165, 1.54) is 12.1 Å². The average molecular weight is 280 g/mol. The van der Waals surface area contributed by atoms with E-state index in [9.17, 15) is 9.18 Å². The second kappa shape index (κ2) is 5.71. The summed E-state index contributed by atoms with van der Waals surface area (Å²) in [5.74, 6) is -1.05. The lowest BCUT2D eigenvalue weighted by atomic mass is 10.2. The van der Waals surface area contributed by atoms with Gasteiger partial charge in [0.05, 0.1) is 10.6 Å². The maximum absolute atomic E-state index is 13.2. The Morgan fingerprint density at radius 2 is 1.89 bits per heavy atom. The number of esters is 1. The van der Waals surface area contributed by atoms with Crippen LogP contribution in [0.5, 0.6) is 0 Å². The molecule has 0 unspecified atom stereocenters. The molecule has 2 aromatic rings. The number of nitrogen functional groups attached to an aromatic ring is 1. The van der Waals surface area contributed by atoms with Crippen LogP contribution in [0.1, 0.15) is 15.9 Å². The zero-order chi connectivity index (χ0) is 13.8. The van der Waals surface area contributed by atoms with E-state index >= 15 is 0 Å². The Labute approximate surface area is 114 Å². The van der Waals surface area contributed by atoms with Gasteiger partial charge in [0, 0.05) is 11.3 Å². The summed E-state index contributed by atoms with van der Waals surface area (Å²) < 4.78 is 18.2. The van der Waals surface area contributed by atoms with E-state index < -0.39 is 11.8 Å². The van der Waals surface area contributed by atoms with Gasteiger partial charge in [-0.05, 0) is 30.3 Å². The van der Waals surface area contributed by atoms with Gasteiger partial charge >= 0.3 is 5.97 Å². The molecule has 0 saturated carbocycles. The van der Waals surface area contributed by atoms with E-state index in [2.05, 4.69) is 0 Å². The SMILES string of the molecule is Nc1ccc(C(=O)OCc2cccc(F)c2Cl)cc1.